The summed E-state index contributed by atoms with van der Waals surface area (Å²) in [5.41, 5.74) is 2.79. The van der Waals surface area contributed by atoms with Gasteiger partial charge in [-0.1, -0.05) is 19.1 Å². The molecule has 2 aliphatic rings. The Labute approximate surface area is 151 Å². The Balaban J connectivity index is 1.56. The van der Waals surface area contributed by atoms with Crippen molar-refractivity contribution in [3.8, 4) is 0 Å². The molecule has 0 unspecified atom stereocenters. The maximum absolute atomic E-state index is 4.97. The third-order valence-corrected chi connectivity index (χ3v) is 6.55. The van der Waals surface area contributed by atoms with E-state index < -0.39 is 0 Å². The Kier molecular flexibility index (Phi) is 4.37. The van der Waals surface area contributed by atoms with Crippen LogP contribution in [0, 0.1) is 5.92 Å². The highest BCUT2D eigenvalue weighted by Gasteiger charge is 2.33. The number of rotatable bonds is 2. The third kappa shape index (κ3) is 3.34. The lowest BCUT2D eigenvalue weighted by Crippen LogP contribution is -2.47. The van der Waals surface area contributed by atoms with Crippen molar-refractivity contribution >= 4 is 10.9 Å². The molecule has 1 aromatic heterocycles. The van der Waals surface area contributed by atoms with Gasteiger partial charge in [0.2, 0.25) is 0 Å². The van der Waals surface area contributed by atoms with Crippen molar-refractivity contribution in [2.45, 2.75) is 64.1 Å². The second-order valence-electron chi connectivity index (χ2n) is 8.95. The normalized spacial score (nSPS) is 30.6. The van der Waals surface area contributed by atoms with Gasteiger partial charge in [0, 0.05) is 29.7 Å². The van der Waals surface area contributed by atoms with Gasteiger partial charge in [-0.25, -0.2) is 0 Å². The van der Waals surface area contributed by atoms with Gasteiger partial charge in [0.25, 0.3) is 0 Å². The van der Waals surface area contributed by atoms with Crippen LogP contribution in [-0.2, 0) is 0 Å². The van der Waals surface area contributed by atoms with Gasteiger partial charge in [0.05, 0.1) is 11.6 Å². The highest BCUT2D eigenvalue weighted by molar-refractivity contribution is 5.78. The zero-order valence-corrected chi connectivity index (χ0v) is 16.1. The first-order valence-corrected chi connectivity index (χ1v) is 9.86. The standard InChI is InChI=1S/C21H32N4/c1-15-5-8-19(22-13-15)16-6-7-17-14-25(23-20(17)11-16)18-9-10-24(4)21(2,3)12-18/h6-7,11,14-15,18-19,22H,5,8-10,12-13H2,1-4H3/t15-,18-,19+/m0/s1. The van der Waals surface area contributed by atoms with E-state index >= 15 is 0 Å². The number of likely N-dealkylation sites (tertiary alicyclic amines) is 1. The minimum atomic E-state index is 0.245. The summed E-state index contributed by atoms with van der Waals surface area (Å²) < 4.78 is 2.24. The van der Waals surface area contributed by atoms with E-state index in [1.165, 1.54) is 30.2 Å². The first-order chi connectivity index (χ1) is 11.9. The van der Waals surface area contributed by atoms with E-state index in [1.807, 2.05) is 0 Å². The molecule has 0 saturated carbocycles. The first kappa shape index (κ1) is 17.0. The van der Waals surface area contributed by atoms with Crippen LogP contribution in [-0.4, -0.2) is 40.4 Å². The molecular formula is C21H32N4. The molecule has 0 bridgehead atoms. The van der Waals surface area contributed by atoms with Crippen molar-refractivity contribution in [3.63, 3.8) is 0 Å². The fourth-order valence-corrected chi connectivity index (χ4v) is 4.44. The van der Waals surface area contributed by atoms with E-state index in [9.17, 15) is 0 Å². The summed E-state index contributed by atoms with van der Waals surface area (Å²) in [6.45, 7) is 9.29. The summed E-state index contributed by atoms with van der Waals surface area (Å²) in [7, 11) is 2.24. The Morgan fingerprint density at radius 1 is 1.20 bits per heavy atom. The van der Waals surface area contributed by atoms with Gasteiger partial charge in [-0.05, 0) is 70.7 Å². The van der Waals surface area contributed by atoms with Crippen molar-refractivity contribution in [3.05, 3.63) is 30.0 Å². The van der Waals surface area contributed by atoms with E-state index in [2.05, 4.69) is 67.1 Å². The predicted octanol–water partition coefficient (Wildman–Crippen LogP) is 4.14. The maximum atomic E-state index is 4.97. The summed E-state index contributed by atoms with van der Waals surface area (Å²) in [6.07, 6.45) is 7.14. The largest absolute Gasteiger partial charge is 0.310 e. The molecule has 2 aromatic rings. The Hall–Kier alpha value is -1.39. The van der Waals surface area contributed by atoms with Crippen molar-refractivity contribution in [2.24, 2.45) is 5.92 Å². The number of fused-ring (bicyclic) bond motifs is 1. The molecule has 4 heteroatoms. The molecule has 4 nitrogen and oxygen atoms in total. The van der Waals surface area contributed by atoms with Crippen molar-refractivity contribution < 1.29 is 0 Å². The minimum absolute atomic E-state index is 0.245. The van der Waals surface area contributed by atoms with Gasteiger partial charge in [0.1, 0.15) is 0 Å². The molecule has 1 N–H and O–H groups in total. The highest BCUT2D eigenvalue weighted by atomic mass is 15.3. The molecule has 25 heavy (non-hydrogen) atoms. The van der Waals surface area contributed by atoms with Gasteiger partial charge < -0.3 is 10.2 Å². The fraction of sp³-hybridized carbons (Fsp3) is 0.667. The lowest BCUT2D eigenvalue weighted by atomic mass is 9.87. The van der Waals surface area contributed by atoms with E-state index in [-0.39, 0.29) is 5.54 Å². The number of aromatic nitrogens is 2. The number of piperidine rings is 2. The average molecular weight is 341 g/mol. The van der Waals surface area contributed by atoms with E-state index in [4.69, 9.17) is 5.10 Å². The van der Waals surface area contributed by atoms with E-state index in [0.29, 0.717) is 12.1 Å². The number of hydrogen-bond donors (Lipinski definition) is 1. The van der Waals surface area contributed by atoms with Crippen molar-refractivity contribution in [2.75, 3.05) is 20.1 Å². The third-order valence-electron chi connectivity index (χ3n) is 6.55. The second-order valence-corrected chi connectivity index (χ2v) is 8.95. The predicted molar refractivity (Wildman–Crippen MR) is 104 cm³/mol. The molecule has 136 valence electrons. The summed E-state index contributed by atoms with van der Waals surface area (Å²) in [4.78, 5) is 2.47. The van der Waals surface area contributed by atoms with Crippen LogP contribution in [0.1, 0.15) is 64.1 Å². The summed E-state index contributed by atoms with van der Waals surface area (Å²) in [5, 5.41) is 9.93. The molecular weight excluding hydrogens is 308 g/mol. The molecule has 2 saturated heterocycles. The smallest absolute Gasteiger partial charge is 0.0926 e. The second kappa shape index (κ2) is 6.40. The van der Waals surface area contributed by atoms with Gasteiger partial charge in [-0.3, -0.25) is 4.68 Å². The average Bonchev–Trinajstić information content (AvgIpc) is 3.01. The Morgan fingerprint density at radius 3 is 2.76 bits per heavy atom. The molecule has 0 aliphatic carbocycles. The fourth-order valence-electron chi connectivity index (χ4n) is 4.44. The Morgan fingerprint density at radius 2 is 2.04 bits per heavy atom. The van der Waals surface area contributed by atoms with Crippen molar-refractivity contribution in [1.82, 2.24) is 20.0 Å². The number of nitrogens with zero attached hydrogens (tertiary/aromatic N) is 3. The number of hydrogen-bond acceptors (Lipinski definition) is 3. The molecule has 3 heterocycles. The number of benzene rings is 1. The summed E-state index contributed by atoms with van der Waals surface area (Å²) in [6, 6.07) is 7.86. The van der Waals surface area contributed by atoms with Crippen molar-refractivity contribution in [1.29, 1.82) is 0 Å². The first-order valence-electron chi connectivity index (χ1n) is 9.86. The van der Waals surface area contributed by atoms with E-state index in [1.54, 1.807) is 0 Å². The SMILES string of the molecule is C[C@H]1CC[C@H](c2ccc3cn([C@H]4CCN(C)C(C)(C)C4)nc3c2)NC1. The van der Waals surface area contributed by atoms with Gasteiger partial charge >= 0.3 is 0 Å². The topological polar surface area (TPSA) is 33.1 Å². The minimum Gasteiger partial charge on any atom is -0.310 e. The van der Waals surface area contributed by atoms with Crippen LogP contribution < -0.4 is 5.32 Å². The van der Waals surface area contributed by atoms with Crippen LogP contribution in [0.2, 0.25) is 0 Å². The molecule has 3 atom stereocenters. The van der Waals surface area contributed by atoms with Crippen LogP contribution >= 0.6 is 0 Å². The summed E-state index contributed by atoms with van der Waals surface area (Å²) >= 11 is 0. The molecule has 0 radical (unpaired) electrons. The van der Waals surface area contributed by atoms with Gasteiger partial charge in [-0.15, -0.1) is 0 Å². The molecule has 0 amide bonds. The zero-order valence-electron chi connectivity index (χ0n) is 16.1. The summed E-state index contributed by atoms with van der Waals surface area (Å²) in [5.74, 6) is 0.798. The Bertz CT molecular complexity index is 739. The number of nitrogens with one attached hydrogen (secondary N) is 1. The lowest BCUT2D eigenvalue weighted by Gasteiger charge is -2.43. The van der Waals surface area contributed by atoms with Gasteiger partial charge in [0.15, 0.2) is 0 Å². The van der Waals surface area contributed by atoms with Crippen LogP contribution in [0.15, 0.2) is 24.4 Å². The quantitative estimate of drug-likeness (QED) is 0.892. The lowest BCUT2D eigenvalue weighted by molar-refractivity contribution is 0.0721. The van der Waals surface area contributed by atoms with Crippen LogP contribution in [0.25, 0.3) is 10.9 Å². The zero-order chi connectivity index (χ0) is 17.6. The molecule has 1 aromatic carbocycles. The maximum Gasteiger partial charge on any atom is 0.0926 e. The van der Waals surface area contributed by atoms with Crippen LogP contribution in [0.3, 0.4) is 0 Å². The molecule has 2 fully saturated rings. The molecule has 4 rings (SSSR count). The molecule has 2 aliphatic heterocycles. The molecule has 0 spiro atoms. The monoisotopic (exact) mass is 340 g/mol. The van der Waals surface area contributed by atoms with Gasteiger partial charge in [-0.2, -0.15) is 5.10 Å². The van der Waals surface area contributed by atoms with E-state index in [0.717, 1.165) is 30.9 Å². The van der Waals surface area contributed by atoms with Crippen LogP contribution in [0.5, 0.6) is 0 Å². The highest BCUT2D eigenvalue weighted by Crippen LogP contribution is 2.34. The van der Waals surface area contributed by atoms with Crippen LogP contribution in [0.4, 0.5) is 0 Å².